The van der Waals surface area contributed by atoms with Gasteiger partial charge in [-0.15, -0.1) is 0 Å². The number of fused-ring (bicyclic) bond motifs is 2. The van der Waals surface area contributed by atoms with E-state index in [4.69, 9.17) is 4.74 Å². The fraction of sp³-hybridized carbons (Fsp3) is 0.250. The Kier molecular flexibility index (Phi) is 4.95. The molecule has 4 aromatic rings. The van der Waals surface area contributed by atoms with Crippen LogP contribution in [0.5, 0.6) is 0 Å². The average Bonchev–Trinajstić information content (AvgIpc) is 3.23. The molecule has 0 unspecified atom stereocenters. The molecular formula is C24H22N4O3. The van der Waals surface area contributed by atoms with Gasteiger partial charge in [0, 0.05) is 29.9 Å². The van der Waals surface area contributed by atoms with Gasteiger partial charge >= 0.3 is 0 Å². The Bertz CT molecular complexity index is 1340. The molecule has 0 spiro atoms. The Hall–Kier alpha value is -3.58. The Labute approximate surface area is 178 Å². The number of pyridine rings is 1. The van der Waals surface area contributed by atoms with Crippen molar-refractivity contribution in [2.75, 3.05) is 13.2 Å². The van der Waals surface area contributed by atoms with Crippen LogP contribution in [-0.4, -0.2) is 39.9 Å². The first-order chi connectivity index (χ1) is 15.1. The van der Waals surface area contributed by atoms with Gasteiger partial charge in [0.25, 0.3) is 11.5 Å². The summed E-state index contributed by atoms with van der Waals surface area (Å²) in [5.74, 6) is -0.166. The summed E-state index contributed by atoms with van der Waals surface area (Å²) in [5, 5.41) is 9.48. The van der Waals surface area contributed by atoms with Gasteiger partial charge in [0.05, 0.1) is 30.2 Å². The second-order valence-corrected chi connectivity index (χ2v) is 7.89. The van der Waals surface area contributed by atoms with E-state index in [1.54, 1.807) is 31.3 Å². The molecule has 156 valence electrons. The second kappa shape index (κ2) is 7.92. The summed E-state index contributed by atoms with van der Waals surface area (Å²) >= 11 is 0. The smallest absolute Gasteiger partial charge is 0.274 e. The third-order valence-corrected chi connectivity index (χ3v) is 5.91. The molecule has 7 heteroatoms. The molecule has 1 N–H and O–H groups in total. The predicted octanol–water partition coefficient (Wildman–Crippen LogP) is 2.47. The molecule has 0 aliphatic carbocycles. The predicted molar refractivity (Wildman–Crippen MR) is 118 cm³/mol. The monoisotopic (exact) mass is 414 g/mol. The van der Waals surface area contributed by atoms with Gasteiger partial charge in [0.2, 0.25) is 0 Å². The summed E-state index contributed by atoms with van der Waals surface area (Å²) in [5.41, 5.74) is 2.17. The van der Waals surface area contributed by atoms with Crippen molar-refractivity contribution in [3.05, 3.63) is 82.4 Å². The molecule has 1 saturated heterocycles. The van der Waals surface area contributed by atoms with Gasteiger partial charge in [0.1, 0.15) is 0 Å². The van der Waals surface area contributed by atoms with E-state index in [2.05, 4.69) is 21.5 Å². The van der Waals surface area contributed by atoms with Gasteiger partial charge in [-0.25, -0.2) is 4.68 Å². The number of carbonyl (C=O) groups is 1. The van der Waals surface area contributed by atoms with Crippen molar-refractivity contribution in [1.82, 2.24) is 20.1 Å². The summed E-state index contributed by atoms with van der Waals surface area (Å²) in [6, 6.07) is 17.0. The van der Waals surface area contributed by atoms with E-state index in [-0.39, 0.29) is 29.1 Å². The van der Waals surface area contributed by atoms with Gasteiger partial charge in [0.15, 0.2) is 5.69 Å². The van der Waals surface area contributed by atoms with Crippen LogP contribution in [0, 0.1) is 5.92 Å². The van der Waals surface area contributed by atoms with Crippen LogP contribution in [0.2, 0.25) is 0 Å². The Morgan fingerprint density at radius 3 is 2.65 bits per heavy atom. The molecule has 1 aliphatic heterocycles. The molecule has 5 rings (SSSR count). The van der Waals surface area contributed by atoms with E-state index in [0.717, 1.165) is 17.3 Å². The van der Waals surface area contributed by atoms with Crippen LogP contribution in [0.25, 0.3) is 21.7 Å². The largest absolute Gasteiger partial charge is 0.379 e. The highest BCUT2D eigenvalue weighted by atomic mass is 16.5. The maximum absolute atomic E-state index is 13.1. The van der Waals surface area contributed by atoms with Crippen LogP contribution < -0.4 is 10.9 Å². The van der Waals surface area contributed by atoms with Crippen LogP contribution in [0.4, 0.5) is 0 Å². The number of benzene rings is 2. The van der Waals surface area contributed by atoms with Crippen LogP contribution >= 0.6 is 0 Å². The highest BCUT2D eigenvalue weighted by molar-refractivity contribution is 6.04. The Morgan fingerprint density at radius 1 is 1.06 bits per heavy atom. The fourth-order valence-corrected chi connectivity index (χ4v) is 4.28. The number of carbonyl (C=O) groups excluding carboxylic acids is 1. The molecule has 0 saturated carbocycles. The summed E-state index contributed by atoms with van der Waals surface area (Å²) in [6.45, 7) is 1.02. The van der Waals surface area contributed by atoms with Crippen molar-refractivity contribution < 1.29 is 9.53 Å². The minimum Gasteiger partial charge on any atom is -0.379 e. The van der Waals surface area contributed by atoms with E-state index in [9.17, 15) is 9.59 Å². The number of nitrogens with one attached hydrogen (secondary N) is 1. The van der Waals surface area contributed by atoms with E-state index >= 15 is 0 Å². The lowest BCUT2D eigenvalue weighted by molar-refractivity contribution is 0.0919. The highest BCUT2D eigenvalue weighted by Crippen LogP contribution is 2.24. The molecule has 2 aromatic heterocycles. The van der Waals surface area contributed by atoms with Crippen LogP contribution in [0.15, 0.2) is 65.6 Å². The van der Waals surface area contributed by atoms with E-state index in [0.29, 0.717) is 24.0 Å². The van der Waals surface area contributed by atoms with E-state index < -0.39 is 0 Å². The maximum atomic E-state index is 13.1. The molecule has 1 fully saturated rings. The van der Waals surface area contributed by atoms with Crippen molar-refractivity contribution in [3.63, 3.8) is 0 Å². The topological polar surface area (TPSA) is 86.1 Å². The fourth-order valence-electron chi connectivity index (χ4n) is 4.28. The zero-order valence-corrected chi connectivity index (χ0v) is 17.1. The number of para-hydroxylation sites is 1. The summed E-state index contributed by atoms with van der Waals surface area (Å²) in [4.78, 5) is 29.9. The standard InChI is InChI=1S/C24H22N4O3/c1-28-24(30)19-8-3-2-7-18(19)22(27-28)23(29)26-21-14-31-13-16(21)12-15-10-11-25-20-9-5-4-6-17(15)20/h2-11,16,21H,12-14H2,1H3,(H,26,29)/t16-,21-/m1/s1. The Morgan fingerprint density at radius 2 is 1.81 bits per heavy atom. The number of ether oxygens (including phenoxy) is 1. The summed E-state index contributed by atoms with van der Waals surface area (Å²) in [6.07, 6.45) is 2.59. The normalized spacial score (nSPS) is 18.5. The average molecular weight is 414 g/mol. The van der Waals surface area contributed by atoms with Gasteiger partial charge in [-0.3, -0.25) is 14.6 Å². The first-order valence-electron chi connectivity index (χ1n) is 10.3. The molecule has 3 heterocycles. The maximum Gasteiger partial charge on any atom is 0.274 e. The van der Waals surface area contributed by atoms with Crippen molar-refractivity contribution >= 4 is 27.6 Å². The molecule has 31 heavy (non-hydrogen) atoms. The quantitative estimate of drug-likeness (QED) is 0.554. The number of nitrogens with zero attached hydrogens (tertiary/aromatic N) is 3. The van der Waals surface area contributed by atoms with Gasteiger partial charge < -0.3 is 10.1 Å². The van der Waals surface area contributed by atoms with Crippen molar-refractivity contribution in [1.29, 1.82) is 0 Å². The molecule has 7 nitrogen and oxygen atoms in total. The number of aromatic nitrogens is 3. The number of amides is 1. The number of rotatable bonds is 4. The molecule has 1 aliphatic rings. The van der Waals surface area contributed by atoms with Crippen LogP contribution in [-0.2, 0) is 18.2 Å². The third-order valence-electron chi connectivity index (χ3n) is 5.91. The van der Waals surface area contributed by atoms with Gasteiger partial charge in [-0.05, 0) is 30.2 Å². The lowest BCUT2D eigenvalue weighted by atomic mass is 9.93. The molecule has 2 aromatic carbocycles. The van der Waals surface area contributed by atoms with Gasteiger partial charge in [-0.2, -0.15) is 5.10 Å². The molecule has 2 atom stereocenters. The summed E-state index contributed by atoms with van der Waals surface area (Å²) < 4.78 is 6.93. The first kappa shape index (κ1) is 19.4. The minimum atomic E-state index is -0.299. The van der Waals surface area contributed by atoms with Crippen LogP contribution in [0.3, 0.4) is 0 Å². The number of hydrogen-bond donors (Lipinski definition) is 1. The zero-order chi connectivity index (χ0) is 21.4. The second-order valence-electron chi connectivity index (χ2n) is 7.89. The highest BCUT2D eigenvalue weighted by Gasteiger charge is 2.31. The van der Waals surface area contributed by atoms with E-state index in [1.807, 2.05) is 30.5 Å². The van der Waals surface area contributed by atoms with Crippen molar-refractivity contribution in [3.8, 4) is 0 Å². The lowest BCUT2D eigenvalue weighted by Crippen LogP contribution is -2.41. The lowest BCUT2D eigenvalue weighted by Gasteiger charge is -2.20. The minimum absolute atomic E-state index is 0.133. The van der Waals surface area contributed by atoms with Crippen molar-refractivity contribution in [2.24, 2.45) is 13.0 Å². The Balaban J connectivity index is 1.41. The number of aryl methyl sites for hydroxylation is 1. The molecular weight excluding hydrogens is 392 g/mol. The van der Waals surface area contributed by atoms with Gasteiger partial charge in [-0.1, -0.05) is 36.4 Å². The van der Waals surface area contributed by atoms with Crippen LogP contribution in [0.1, 0.15) is 16.1 Å². The molecule has 0 radical (unpaired) electrons. The molecule has 1 amide bonds. The van der Waals surface area contributed by atoms with Crippen molar-refractivity contribution in [2.45, 2.75) is 12.5 Å². The number of hydrogen-bond acceptors (Lipinski definition) is 5. The van der Waals surface area contributed by atoms with E-state index in [1.165, 1.54) is 10.2 Å². The molecule has 0 bridgehead atoms. The zero-order valence-electron chi connectivity index (χ0n) is 17.1. The summed E-state index contributed by atoms with van der Waals surface area (Å²) in [7, 11) is 1.56. The SMILES string of the molecule is Cn1nc(C(=O)N[C@@H]2COC[C@H]2Cc2ccnc3ccccc23)c2ccccc2c1=O. The third kappa shape index (κ3) is 3.57. The first-order valence-corrected chi connectivity index (χ1v) is 10.3.